The number of benzene rings is 1. The quantitative estimate of drug-likeness (QED) is 0.697. The number of carbonyl (C=O) groups excluding carboxylic acids is 2. The highest BCUT2D eigenvalue weighted by atomic mass is 32.2. The summed E-state index contributed by atoms with van der Waals surface area (Å²) in [6.45, 7) is 4.94. The first kappa shape index (κ1) is 16.5. The highest BCUT2D eigenvalue weighted by Crippen LogP contribution is 2.24. The molecule has 0 aromatic heterocycles. The Bertz CT molecular complexity index is 462. The van der Waals surface area contributed by atoms with Crippen molar-refractivity contribution in [2.24, 2.45) is 0 Å². The summed E-state index contributed by atoms with van der Waals surface area (Å²) in [5.41, 5.74) is 0.729. The van der Waals surface area contributed by atoms with Crippen molar-refractivity contribution in [3.8, 4) is 0 Å². The maximum Gasteiger partial charge on any atom is 0.233 e. The Kier molecular flexibility index (Phi) is 6.54. The van der Waals surface area contributed by atoms with Crippen molar-refractivity contribution in [2.45, 2.75) is 37.0 Å². The lowest BCUT2D eigenvalue weighted by Crippen LogP contribution is -2.39. The molecule has 0 heterocycles. The molecule has 0 saturated carbocycles. The van der Waals surface area contributed by atoms with Crippen molar-refractivity contribution in [2.75, 3.05) is 11.9 Å². The van der Waals surface area contributed by atoms with Crippen LogP contribution in [0.25, 0.3) is 0 Å². The van der Waals surface area contributed by atoms with E-state index in [4.69, 9.17) is 5.11 Å². The Hall–Kier alpha value is -1.53. The number of anilines is 1. The summed E-state index contributed by atoms with van der Waals surface area (Å²) >= 11 is 1.43. The average Bonchev–Trinajstić information content (AvgIpc) is 2.40. The third kappa shape index (κ3) is 5.63. The smallest absolute Gasteiger partial charge is 0.233 e. The molecule has 1 rings (SSSR count). The summed E-state index contributed by atoms with van der Waals surface area (Å²) in [6.07, 6.45) is 0. The lowest BCUT2D eigenvalue weighted by atomic mass is 10.3. The van der Waals surface area contributed by atoms with Crippen LogP contribution in [-0.4, -0.2) is 34.8 Å². The van der Waals surface area contributed by atoms with E-state index < -0.39 is 0 Å². The molecule has 0 bridgehead atoms. The van der Waals surface area contributed by atoms with Crippen molar-refractivity contribution >= 4 is 29.3 Å². The minimum absolute atomic E-state index is 0.0749. The number of hydrogen-bond acceptors (Lipinski definition) is 4. The molecular weight excluding hydrogens is 276 g/mol. The van der Waals surface area contributed by atoms with Crippen molar-refractivity contribution < 1.29 is 14.7 Å². The van der Waals surface area contributed by atoms with Crippen LogP contribution in [0.3, 0.4) is 0 Å². The van der Waals surface area contributed by atoms with Crippen molar-refractivity contribution in [1.29, 1.82) is 0 Å². The summed E-state index contributed by atoms with van der Waals surface area (Å²) in [5, 5.41) is 14.1. The molecule has 0 saturated heterocycles. The van der Waals surface area contributed by atoms with E-state index in [0.717, 1.165) is 10.6 Å². The number of rotatable bonds is 6. The summed E-state index contributed by atoms with van der Waals surface area (Å²) in [6, 6.07) is 7.06. The van der Waals surface area contributed by atoms with Gasteiger partial charge in [-0.3, -0.25) is 9.59 Å². The van der Waals surface area contributed by atoms with E-state index in [0.29, 0.717) is 0 Å². The summed E-state index contributed by atoms with van der Waals surface area (Å²) in [7, 11) is 0. The molecule has 2 unspecified atom stereocenters. The Balaban J connectivity index is 2.55. The van der Waals surface area contributed by atoms with Crippen molar-refractivity contribution in [3.05, 3.63) is 24.3 Å². The molecule has 0 spiro atoms. The molecule has 0 aliphatic rings. The molecule has 5 nitrogen and oxygen atoms in total. The molecule has 0 fully saturated rings. The number of hydrogen-bond donors (Lipinski definition) is 3. The lowest BCUT2D eigenvalue weighted by molar-refractivity contribution is -0.121. The largest absolute Gasteiger partial charge is 0.394 e. The van der Waals surface area contributed by atoms with Crippen LogP contribution >= 0.6 is 11.8 Å². The first-order valence-corrected chi connectivity index (χ1v) is 7.26. The fraction of sp³-hybridized carbons (Fsp3) is 0.429. The minimum Gasteiger partial charge on any atom is -0.394 e. The van der Waals surface area contributed by atoms with E-state index in [-0.39, 0.29) is 29.7 Å². The van der Waals surface area contributed by atoms with E-state index in [9.17, 15) is 9.59 Å². The molecule has 0 aliphatic heterocycles. The summed E-state index contributed by atoms with van der Waals surface area (Å²) < 4.78 is 0. The number of nitrogens with one attached hydrogen (secondary N) is 2. The summed E-state index contributed by atoms with van der Waals surface area (Å²) in [5.74, 6) is -0.223. The Labute approximate surface area is 123 Å². The second kappa shape index (κ2) is 7.91. The van der Waals surface area contributed by atoms with E-state index in [1.165, 1.54) is 18.7 Å². The number of thioether (sulfide) groups is 1. The third-order valence-corrected chi connectivity index (χ3v) is 3.63. The normalized spacial score (nSPS) is 13.4. The highest BCUT2D eigenvalue weighted by molar-refractivity contribution is 8.00. The zero-order valence-electron chi connectivity index (χ0n) is 11.8. The fourth-order valence-electron chi connectivity index (χ4n) is 1.48. The van der Waals surface area contributed by atoms with Crippen LogP contribution in [0, 0.1) is 0 Å². The van der Waals surface area contributed by atoms with Crippen LogP contribution in [0.2, 0.25) is 0 Å². The number of carbonyl (C=O) groups is 2. The van der Waals surface area contributed by atoms with Gasteiger partial charge >= 0.3 is 0 Å². The van der Waals surface area contributed by atoms with E-state index in [1.807, 2.05) is 19.1 Å². The van der Waals surface area contributed by atoms with E-state index in [2.05, 4.69) is 10.6 Å². The molecule has 2 amide bonds. The highest BCUT2D eigenvalue weighted by Gasteiger charge is 2.16. The topological polar surface area (TPSA) is 78.4 Å². The van der Waals surface area contributed by atoms with Crippen molar-refractivity contribution in [1.82, 2.24) is 5.32 Å². The van der Waals surface area contributed by atoms with Gasteiger partial charge in [-0.25, -0.2) is 0 Å². The molecule has 3 N–H and O–H groups in total. The van der Waals surface area contributed by atoms with E-state index >= 15 is 0 Å². The SMILES string of the molecule is CC(=O)Nc1ccc(SC(C)C(=O)NC(C)CO)cc1. The molecule has 1 aromatic rings. The van der Waals surface area contributed by atoms with Crippen molar-refractivity contribution in [3.63, 3.8) is 0 Å². The van der Waals surface area contributed by atoms with Gasteiger partial charge in [-0.05, 0) is 38.1 Å². The Morgan fingerprint density at radius 3 is 2.35 bits per heavy atom. The fourth-order valence-corrected chi connectivity index (χ4v) is 2.36. The molecule has 1 aromatic carbocycles. The number of amides is 2. The zero-order chi connectivity index (χ0) is 15.1. The average molecular weight is 296 g/mol. The molecule has 2 atom stereocenters. The van der Waals surface area contributed by atoms with Crippen LogP contribution in [0.1, 0.15) is 20.8 Å². The van der Waals surface area contributed by atoms with Crippen LogP contribution in [0.4, 0.5) is 5.69 Å². The van der Waals surface area contributed by atoms with E-state index in [1.54, 1.807) is 19.1 Å². The minimum atomic E-state index is -0.254. The second-order valence-electron chi connectivity index (χ2n) is 4.56. The maximum absolute atomic E-state index is 11.8. The molecule has 6 heteroatoms. The lowest BCUT2D eigenvalue weighted by Gasteiger charge is -2.15. The van der Waals surface area contributed by atoms with Gasteiger partial charge in [0.05, 0.1) is 11.9 Å². The van der Waals surface area contributed by atoms with Gasteiger partial charge in [0, 0.05) is 23.5 Å². The number of aliphatic hydroxyl groups excluding tert-OH is 1. The number of aliphatic hydroxyl groups is 1. The first-order valence-electron chi connectivity index (χ1n) is 6.38. The third-order valence-electron chi connectivity index (χ3n) is 2.52. The van der Waals surface area contributed by atoms with Crippen LogP contribution in [0.15, 0.2) is 29.2 Å². The van der Waals surface area contributed by atoms with Gasteiger partial charge in [0.25, 0.3) is 0 Å². The van der Waals surface area contributed by atoms with Gasteiger partial charge in [0.2, 0.25) is 11.8 Å². The predicted octanol–water partition coefficient (Wildman–Crippen LogP) is 1.62. The molecule has 110 valence electrons. The second-order valence-corrected chi connectivity index (χ2v) is 5.97. The van der Waals surface area contributed by atoms with Gasteiger partial charge in [0.15, 0.2) is 0 Å². The van der Waals surface area contributed by atoms with Crippen LogP contribution in [0.5, 0.6) is 0 Å². The summed E-state index contributed by atoms with van der Waals surface area (Å²) in [4.78, 5) is 23.7. The van der Waals surface area contributed by atoms with Gasteiger partial charge in [-0.1, -0.05) is 0 Å². The zero-order valence-corrected chi connectivity index (χ0v) is 12.7. The Morgan fingerprint density at radius 1 is 1.25 bits per heavy atom. The van der Waals surface area contributed by atoms with Gasteiger partial charge in [-0.2, -0.15) is 0 Å². The standard InChI is InChI=1S/C14H20N2O3S/c1-9(8-17)15-14(19)10(2)20-13-6-4-12(5-7-13)16-11(3)18/h4-7,9-10,17H,8H2,1-3H3,(H,15,19)(H,16,18). The first-order chi connectivity index (χ1) is 9.42. The molecule has 0 radical (unpaired) electrons. The van der Waals surface area contributed by atoms with Gasteiger partial charge in [-0.15, -0.1) is 11.8 Å². The van der Waals surface area contributed by atoms with Gasteiger partial charge < -0.3 is 15.7 Å². The molecular formula is C14H20N2O3S. The van der Waals surface area contributed by atoms with Crippen LogP contribution in [-0.2, 0) is 9.59 Å². The maximum atomic E-state index is 11.8. The monoisotopic (exact) mass is 296 g/mol. The van der Waals surface area contributed by atoms with Gasteiger partial charge in [0.1, 0.15) is 0 Å². The van der Waals surface area contributed by atoms with Crippen LogP contribution < -0.4 is 10.6 Å². The molecule has 0 aliphatic carbocycles. The predicted molar refractivity (Wildman–Crippen MR) is 80.8 cm³/mol. The Morgan fingerprint density at radius 2 is 1.85 bits per heavy atom. The molecule has 20 heavy (non-hydrogen) atoms.